The van der Waals surface area contributed by atoms with E-state index in [1.807, 2.05) is 24.3 Å². The molecule has 0 fully saturated rings. The summed E-state index contributed by atoms with van der Waals surface area (Å²) in [6.07, 6.45) is 2.67. The van der Waals surface area contributed by atoms with Gasteiger partial charge in [-0.3, -0.25) is 9.89 Å². The lowest BCUT2D eigenvalue weighted by Crippen LogP contribution is -2.29. The van der Waals surface area contributed by atoms with Crippen molar-refractivity contribution in [3.63, 3.8) is 0 Å². The Morgan fingerprint density at radius 1 is 1.28 bits per heavy atom. The number of hydrogen-bond donors (Lipinski definition) is 3. The molecule has 1 aromatic heterocycles. The molecule has 6 nitrogen and oxygen atoms in total. The molecule has 0 bridgehead atoms. The molecule has 2 aromatic rings. The number of nitrogens with zero attached hydrogens (tertiary/aromatic N) is 1. The first kappa shape index (κ1) is 19.3. The fourth-order valence-corrected chi connectivity index (χ4v) is 2.75. The molecular formula is C18H25ClN4O2. The Morgan fingerprint density at radius 3 is 2.88 bits per heavy atom. The highest BCUT2D eigenvalue weighted by Gasteiger charge is 2.20. The molecule has 136 valence electrons. The number of carbonyl (C=O) groups is 1. The van der Waals surface area contributed by atoms with E-state index in [1.54, 1.807) is 0 Å². The highest BCUT2D eigenvalue weighted by atomic mass is 35.5. The summed E-state index contributed by atoms with van der Waals surface area (Å²) < 4.78 is 5.68. The number of carbonyl (C=O) groups excluding carboxylic acids is 1. The van der Waals surface area contributed by atoms with Crippen molar-refractivity contribution >= 4 is 18.3 Å². The molecular weight excluding hydrogens is 340 g/mol. The molecule has 0 saturated heterocycles. The number of ether oxygens (including phenoxy) is 1. The van der Waals surface area contributed by atoms with Crippen LogP contribution >= 0.6 is 12.4 Å². The summed E-state index contributed by atoms with van der Waals surface area (Å²) in [7, 11) is 0. The molecule has 1 aliphatic heterocycles. The summed E-state index contributed by atoms with van der Waals surface area (Å²) in [4.78, 5) is 12.2. The SMILES string of the molecule is Cc1ccc(OCCCCNC(=O)c2n[nH]c3c2CNCC3)cc1.Cl. The number of aromatic amines is 1. The number of nitrogens with one attached hydrogen (secondary N) is 3. The third-order valence-corrected chi connectivity index (χ3v) is 4.17. The van der Waals surface area contributed by atoms with Crippen LogP contribution in [0.5, 0.6) is 5.75 Å². The fraction of sp³-hybridized carbons (Fsp3) is 0.444. The van der Waals surface area contributed by atoms with Gasteiger partial charge < -0.3 is 15.4 Å². The van der Waals surface area contributed by atoms with Crippen molar-refractivity contribution < 1.29 is 9.53 Å². The predicted octanol–water partition coefficient (Wildman–Crippen LogP) is 2.37. The maximum Gasteiger partial charge on any atom is 0.272 e. The van der Waals surface area contributed by atoms with Gasteiger partial charge in [0.25, 0.3) is 5.91 Å². The number of amides is 1. The smallest absolute Gasteiger partial charge is 0.272 e. The van der Waals surface area contributed by atoms with E-state index in [9.17, 15) is 4.79 Å². The van der Waals surface area contributed by atoms with E-state index < -0.39 is 0 Å². The molecule has 0 saturated carbocycles. The molecule has 0 spiro atoms. The molecule has 25 heavy (non-hydrogen) atoms. The zero-order valence-corrected chi connectivity index (χ0v) is 15.2. The molecule has 1 aliphatic rings. The predicted molar refractivity (Wildman–Crippen MR) is 99.5 cm³/mol. The molecule has 0 unspecified atom stereocenters. The Hall–Kier alpha value is -2.05. The molecule has 0 atom stereocenters. The molecule has 1 amide bonds. The summed E-state index contributed by atoms with van der Waals surface area (Å²) in [5, 5.41) is 13.3. The van der Waals surface area contributed by atoms with E-state index in [0.717, 1.165) is 42.8 Å². The highest BCUT2D eigenvalue weighted by Crippen LogP contribution is 2.15. The third kappa shape index (κ3) is 5.21. The summed E-state index contributed by atoms with van der Waals surface area (Å²) in [5.41, 5.74) is 3.82. The number of rotatable bonds is 7. The van der Waals surface area contributed by atoms with Crippen molar-refractivity contribution in [1.82, 2.24) is 20.8 Å². The first-order chi connectivity index (χ1) is 11.7. The Balaban J connectivity index is 0.00000225. The van der Waals surface area contributed by atoms with Crippen LogP contribution in [0.15, 0.2) is 24.3 Å². The maximum atomic E-state index is 12.2. The highest BCUT2D eigenvalue weighted by molar-refractivity contribution is 5.94. The topological polar surface area (TPSA) is 79.0 Å². The average molecular weight is 365 g/mol. The van der Waals surface area contributed by atoms with E-state index in [2.05, 4.69) is 27.8 Å². The first-order valence-corrected chi connectivity index (χ1v) is 8.48. The van der Waals surface area contributed by atoms with Crippen molar-refractivity contribution in [3.05, 3.63) is 46.8 Å². The van der Waals surface area contributed by atoms with Gasteiger partial charge in [0.15, 0.2) is 5.69 Å². The van der Waals surface area contributed by atoms with Gasteiger partial charge in [0.1, 0.15) is 5.75 Å². The second-order valence-corrected chi connectivity index (χ2v) is 6.08. The zero-order chi connectivity index (χ0) is 16.8. The Kier molecular flexibility index (Phi) is 7.28. The van der Waals surface area contributed by atoms with E-state index in [1.165, 1.54) is 5.56 Å². The number of benzene rings is 1. The molecule has 3 rings (SSSR count). The van der Waals surface area contributed by atoms with E-state index >= 15 is 0 Å². The Morgan fingerprint density at radius 2 is 2.08 bits per heavy atom. The van der Waals surface area contributed by atoms with Gasteiger partial charge in [-0.25, -0.2) is 0 Å². The van der Waals surface area contributed by atoms with Gasteiger partial charge >= 0.3 is 0 Å². The number of unbranched alkanes of at least 4 members (excludes halogenated alkanes) is 1. The molecule has 0 radical (unpaired) electrons. The lowest BCUT2D eigenvalue weighted by atomic mass is 10.1. The van der Waals surface area contributed by atoms with Gasteiger partial charge in [-0.2, -0.15) is 5.10 Å². The number of halogens is 1. The first-order valence-electron chi connectivity index (χ1n) is 8.48. The number of aromatic nitrogens is 2. The van der Waals surface area contributed by atoms with E-state index in [4.69, 9.17) is 4.74 Å². The minimum absolute atomic E-state index is 0. The van der Waals surface area contributed by atoms with Crippen LogP contribution < -0.4 is 15.4 Å². The normalized spacial score (nSPS) is 12.8. The molecule has 0 aliphatic carbocycles. The largest absolute Gasteiger partial charge is 0.494 e. The second kappa shape index (κ2) is 9.44. The van der Waals surface area contributed by atoms with E-state index in [-0.39, 0.29) is 18.3 Å². The van der Waals surface area contributed by atoms with Gasteiger partial charge in [-0.05, 0) is 31.9 Å². The van der Waals surface area contributed by atoms with Gasteiger partial charge in [-0.1, -0.05) is 17.7 Å². The lowest BCUT2D eigenvalue weighted by Gasteiger charge is -2.12. The van der Waals surface area contributed by atoms with Gasteiger partial charge in [0.2, 0.25) is 0 Å². The maximum absolute atomic E-state index is 12.2. The monoisotopic (exact) mass is 364 g/mol. The zero-order valence-electron chi connectivity index (χ0n) is 14.4. The minimum Gasteiger partial charge on any atom is -0.494 e. The number of hydrogen-bond acceptors (Lipinski definition) is 4. The summed E-state index contributed by atoms with van der Waals surface area (Å²) in [6.45, 7) is 4.97. The van der Waals surface area contributed by atoms with Crippen molar-refractivity contribution in [2.45, 2.75) is 32.7 Å². The van der Waals surface area contributed by atoms with Crippen LogP contribution in [0.2, 0.25) is 0 Å². The van der Waals surface area contributed by atoms with Crippen molar-refractivity contribution in [2.75, 3.05) is 19.7 Å². The van der Waals surface area contributed by atoms with Crippen LogP contribution in [-0.2, 0) is 13.0 Å². The van der Waals surface area contributed by atoms with Gasteiger partial charge in [-0.15, -0.1) is 12.4 Å². The van der Waals surface area contributed by atoms with Crippen LogP contribution in [0.1, 0.15) is 40.2 Å². The van der Waals surface area contributed by atoms with Crippen LogP contribution in [-0.4, -0.2) is 35.8 Å². The summed E-state index contributed by atoms with van der Waals surface area (Å²) >= 11 is 0. The Bertz CT molecular complexity index is 685. The van der Waals surface area contributed by atoms with Crippen LogP contribution in [0.3, 0.4) is 0 Å². The standard InChI is InChI=1S/C18H24N4O2.ClH/c1-13-4-6-14(7-5-13)24-11-3-2-9-20-18(23)17-15-12-19-10-8-16(15)21-22-17;/h4-7,19H,2-3,8-12H2,1H3,(H,20,23)(H,21,22);1H. The average Bonchev–Trinajstić information content (AvgIpc) is 3.03. The number of H-pyrrole nitrogens is 1. The lowest BCUT2D eigenvalue weighted by molar-refractivity contribution is 0.0946. The Labute approximate surface area is 154 Å². The second-order valence-electron chi connectivity index (χ2n) is 6.08. The fourth-order valence-electron chi connectivity index (χ4n) is 2.75. The number of aryl methyl sites for hydroxylation is 1. The van der Waals surface area contributed by atoms with Crippen molar-refractivity contribution in [1.29, 1.82) is 0 Å². The molecule has 1 aromatic carbocycles. The van der Waals surface area contributed by atoms with Crippen molar-refractivity contribution in [2.24, 2.45) is 0 Å². The van der Waals surface area contributed by atoms with Gasteiger partial charge in [0, 0.05) is 37.3 Å². The van der Waals surface area contributed by atoms with Crippen LogP contribution in [0.4, 0.5) is 0 Å². The van der Waals surface area contributed by atoms with Gasteiger partial charge in [0.05, 0.1) is 6.61 Å². The molecule has 7 heteroatoms. The molecule has 3 N–H and O–H groups in total. The molecule has 2 heterocycles. The minimum atomic E-state index is -0.101. The quantitative estimate of drug-likeness (QED) is 0.659. The van der Waals surface area contributed by atoms with E-state index in [0.29, 0.717) is 25.4 Å². The third-order valence-electron chi connectivity index (χ3n) is 4.17. The number of fused-ring (bicyclic) bond motifs is 1. The summed E-state index contributed by atoms with van der Waals surface area (Å²) in [5.74, 6) is 0.788. The summed E-state index contributed by atoms with van der Waals surface area (Å²) in [6, 6.07) is 8.03. The van der Waals surface area contributed by atoms with Crippen LogP contribution in [0, 0.1) is 6.92 Å². The van der Waals surface area contributed by atoms with Crippen molar-refractivity contribution in [3.8, 4) is 5.75 Å². The van der Waals surface area contributed by atoms with Crippen LogP contribution in [0.25, 0.3) is 0 Å².